The molecule has 4 aromatic carbocycles. The van der Waals surface area contributed by atoms with Gasteiger partial charge in [0.2, 0.25) is 5.89 Å². The van der Waals surface area contributed by atoms with Crippen molar-refractivity contribution in [3.05, 3.63) is 108 Å². The van der Waals surface area contributed by atoms with Crippen molar-refractivity contribution in [2.75, 3.05) is 5.32 Å². The molecule has 0 unspecified atom stereocenters. The predicted molar refractivity (Wildman–Crippen MR) is 134 cm³/mol. The number of anilines is 1. The molecule has 6 heteroatoms. The van der Waals surface area contributed by atoms with Crippen molar-refractivity contribution in [1.29, 1.82) is 0 Å². The van der Waals surface area contributed by atoms with Crippen molar-refractivity contribution in [3.8, 4) is 22.8 Å². The molecule has 0 atom stereocenters. The number of furan rings is 1. The molecule has 0 spiro atoms. The summed E-state index contributed by atoms with van der Waals surface area (Å²) in [4.78, 5) is 17.4. The molecular formula is C28H17ClN2O3. The van der Waals surface area contributed by atoms with Crippen LogP contribution in [0, 0.1) is 0 Å². The lowest BCUT2D eigenvalue weighted by Crippen LogP contribution is -2.10. The van der Waals surface area contributed by atoms with Crippen LogP contribution in [0.4, 0.5) is 5.69 Å². The summed E-state index contributed by atoms with van der Waals surface area (Å²) in [5, 5.41) is 5.78. The van der Waals surface area contributed by atoms with Gasteiger partial charge >= 0.3 is 0 Å². The van der Waals surface area contributed by atoms with Crippen molar-refractivity contribution < 1.29 is 13.6 Å². The van der Waals surface area contributed by atoms with Gasteiger partial charge in [-0.3, -0.25) is 4.79 Å². The number of nitrogens with one attached hydrogen (secondary N) is 1. The first kappa shape index (κ1) is 20.3. The lowest BCUT2D eigenvalue weighted by molar-refractivity contribution is 0.0997. The summed E-state index contributed by atoms with van der Waals surface area (Å²) in [6.07, 6.45) is 0. The van der Waals surface area contributed by atoms with Crippen molar-refractivity contribution in [3.63, 3.8) is 0 Å². The molecule has 0 saturated carbocycles. The van der Waals surface area contributed by atoms with Gasteiger partial charge in [-0.1, -0.05) is 41.9 Å². The van der Waals surface area contributed by atoms with Gasteiger partial charge in [-0.2, -0.15) is 0 Å². The Labute approximate surface area is 199 Å². The maximum Gasteiger partial charge on any atom is 0.291 e. The molecule has 0 aliphatic rings. The number of hydrogen-bond donors (Lipinski definition) is 1. The lowest BCUT2D eigenvalue weighted by Gasteiger charge is -2.02. The van der Waals surface area contributed by atoms with Gasteiger partial charge < -0.3 is 14.2 Å². The van der Waals surface area contributed by atoms with E-state index in [1.807, 2.05) is 36.4 Å². The summed E-state index contributed by atoms with van der Waals surface area (Å²) in [7, 11) is 0. The predicted octanol–water partition coefficient (Wildman–Crippen LogP) is 7.81. The van der Waals surface area contributed by atoms with Crippen molar-refractivity contribution in [1.82, 2.24) is 4.98 Å². The largest absolute Gasteiger partial charge is 0.451 e. The van der Waals surface area contributed by atoms with Gasteiger partial charge in [-0.15, -0.1) is 0 Å². The van der Waals surface area contributed by atoms with Gasteiger partial charge in [0.25, 0.3) is 5.91 Å². The highest BCUT2D eigenvalue weighted by molar-refractivity contribution is 6.30. The molecule has 2 heterocycles. The fourth-order valence-corrected chi connectivity index (χ4v) is 4.00. The van der Waals surface area contributed by atoms with Crippen molar-refractivity contribution in [2.24, 2.45) is 0 Å². The van der Waals surface area contributed by atoms with Crippen LogP contribution in [0.1, 0.15) is 10.6 Å². The molecule has 0 radical (unpaired) electrons. The Morgan fingerprint density at radius 3 is 2.41 bits per heavy atom. The van der Waals surface area contributed by atoms with Crippen LogP contribution >= 0.6 is 11.6 Å². The summed E-state index contributed by atoms with van der Waals surface area (Å²) >= 11 is 5.94. The first-order valence-electron chi connectivity index (χ1n) is 10.7. The van der Waals surface area contributed by atoms with Crippen LogP contribution in [0.2, 0.25) is 5.02 Å². The number of fused-ring (bicyclic) bond motifs is 2. The summed E-state index contributed by atoms with van der Waals surface area (Å²) in [6.45, 7) is 0. The van der Waals surface area contributed by atoms with Gasteiger partial charge in [0.05, 0.1) is 0 Å². The highest BCUT2D eigenvalue weighted by Crippen LogP contribution is 2.29. The topological polar surface area (TPSA) is 68.3 Å². The third-order valence-electron chi connectivity index (χ3n) is 5.60. The third kappa shape index (κ3) is 3.83. The van der Waals surface area contributed by atoms with E-state index >= 15 is 0 Å². The minimum Gasteiger partial charge on any atom is -0.451 e. The van der Waals surface area contributed by atoms with E-state index in [2.05, 4.69) is 28.5 Å². The number of amides is 1. The van der Waals surface area contributed by atoms with E-state index in [1.165, 1.54) is 0 Å². The number of oxazole rings is 1. The van der Waals surface area contributed by atoms with Gasteiger partial charge in [-0.25, -0.2) is 4.98 Å². The highest BCUT2D eigenvalue weighted by atomic mass is 35.5. The number of carbonyl (C=O) groups is 1. The molecule has 2 aromatic heterocycles. The number of carbonyl (C=O) groups excluding carboxylic acids is 1. The zero-order valence-electron chi connectivity index (χ0n) is 17.8. The Bertz CT molecular complexity index is 1660. The number of halogens is 1. The zero-order chi connectivity index (χ0) is 23.1. The van der Waals surface area contributed by atoms with E-state index in [0.717, 1.165) is 21.9 Å². The summed E-state index contributed by atoms with van der Waals surface area (Å²) in [6, 6.07) is 30.2. The van der Waals surface area contributed by atoms with Crippen molar-refractivity contribution >= 4 is 45.1 Å². The SMILES string of the molecule is O=C(Nc1ccc2oc(-c3ccc4ccccc4c3)nc2c1)c1ccc(-c2ccc(Cl)cc2)o1. The van der Waals surface area contributed by atoms with E-state index in [-0.39, 0.29) is 11.7 Å². The van der Waals surface area contributed by atoms with Crippen molar-refractivity contribution in [2.45, 2.75) is 0 Å². The first-order valence-corrected chi connectivity index (χ1v) is 11.1. The van der Waals surface area contributed by atoms with Gasteiger partial charge in [0.1, 0.15) is 11.3 Å². The minimum atomic E-state index is -0.349. The van der Waals surface area contributed by atoms with Crippen LogP contribution in [-0.4, -0.2) is 10.9 Å². The quantitative estimate of drug-likeness (QED) is 0.289. The van der Waals surface area contributed by atoms with Crippen LogP contribution < -0.4 is 5.32 Å². The lowest BCUT2D eigenvalue weighted by atomic mass is 10.1. The van der Waals surface area contributed by atoms with Crippen LogP contribution in [0.15, 0.2) is 106 Å². The zero-order valence-corrected chi connectivity index (χ0v) is 18.5. The molecule has 0 aliphatic heterocycles. The van der Waals surface area contributed by atoms with Crippen LogP contribution in [-0.2, 0) is 0 Å². The second-order valence-corrected chi connectivity index (χ2v) is 8.32. The normalized spacial score (nSPS) is 11.2. The molecule has 34 heavy (non-hydrogen) atoms. The number of hydrogen-bond acceptors (Lipinski definition) is 4. The van der Waals surface area contributed by atoms with Gasteiger partial charge in [0.15, 0.2) is 11.3 Å². The maximum absolute atomic E-state index is 12.7. The smallest absolute Gasteiger partial charge is 0.291 e. The van der Waals surface area contributed by atoms with Gasteiger partial charge in [0, 0.05) is 21.8 Å². The monoisotopic (exact) mass is 464 g/mol. The van der Waals surface area contributed by atoms with E-state index in [1.54, 1.807) is 42.5 Å². The van der Waals surface area contributed by atoms with Gasteiger partial charge in [-0.05, 0) is 77.5 Å². The average molecular weight is 465 g/mol. The molecule has 5 nitrogen and oxygen atoms in total. The summed E-state index contributed by atoms with van der Waals surface area (Å²) in [5.74, 6) is 0.983. The third-order valence-corrected chi connectivity index (χ3v) is 5.85. The molecule has 0 fully saturated rings. The molecule has 0 bridgehead atoms. The van der Waals surface area contributed by atoms with E-state index in [9.17, 15) is 4.79 Å². The molecule has 1 N–H and O–H groups in total. The Morgan fingerprint density at radius 1 is 0.765 bits per heavy atom. The fraction of sp³-hybridized carbons (Fsp3) is 0. The van der Waals surface area contributed by atoms with Crippen LogP contribution in [0.5, 0.6) is 0 Å². The van der Waals surface area contributed by atoms with E-state index < -0.39 is 0 Å². The number of aromatic nitrogens is 1. The fourth-order valence-electron chi connectivity index (χ4n) is 3.87. The molecule has 0 saturated heterocycles. The van der Waals surface area contributed by atoms with Crippen LogP contribution in [0.3, 0.4) is 0 Å². The maximum atomic E-state index is 12.7. The van der Waals surface area contributed by atoms with Crippen LogP contribution in [0.25, 0.3) is 44.7 Å². The second-order valence-electron chi connectivity index (χ2n) is 7.89. The molecule has 0 aliphatic carbocycles. The summed E-state index contributed by atoms with van der Waals surface area (Å²) < 4.78 is 11.7. The molecule has 1 amide bonds. The number of nitrogens with zero attached hydrogens (tertiary/aromatic N) is 1. The highest BCUT2D eigenvalue weighted by Gasteiger charge is 2.14. The molecule has 6 aromatic rings. The average Bonchev–Trinajstić information content (AvgIpc) is 3.52. The number of benzene rings is 4. The summed E-state index contributed by atoms with van der Waals surface area (Å²) in [5.41, 5.74) is 3.63. The Balaban J connectivity index is 1.24. The number of rotatable bonds is 4. The molecule has 164 valence electrons. The second kappa shape index (κ2) is 8.21. The van der Waals surface area contributed by atoms with E-state index in [0.29, 0.717) is 33.5 Å². The molecule has 6 rings (SSSR count). The Hall–Kier alpha value is -4.35. The molecular weight excluding hydrogens is 448 g/mol. The van der Waals surface area contributed by atoms with E-state index in [4.69, 9.17) is 20.4 Å². The first-order chi connectivity index (χ1) is 16.6. The Kier molecular flexibility index (Phi) is 4.90. The standard InChI is InChI=1S/C28H17ClN2O3/c29-21-9-7-18(8-10-21)24-13-14-26(33-24)27(32)30-22-11-12-25-23(16-22)31-28(34-25)20-6-5-17-3-1-2-4-19(17)15-20/h1-16H,(H,30,32). The Morgan fingerprint density at radius 2 is 1.56 bits per heavy atom. The minimum absolute atomic E-state index is 0.210.